The van der Waals surface area contributed by atoms with Crippen molar-refractivity contribution in [2.24, 2.45) is 0 Å². The summed E-state index contributed by atoms with van der Waals surface area (Å²) in [5.74, 6) is 0.759. The minimum absolute atomic E-state index is 0.0638. The number of rotatable bonds is 6. The summed E-state index contributed by atoms with van der Waals surface area (Å²) in [6.45, 7) is 0.846. The third-order valence-electron chi connectivity index (χ3n) is 2.85. The summed E-state index contributed by atoms with van der Waals surface area (Å²) in [6, 6.07) is 17.2. The zero-order valence-electron chi connectivity index (χ0n) is 11.4. The lowest BCUT2D eigenvalue weighted by atomic mass is 10.2. The molecule has 0 heterocycles. The van der Waals surface area contributed by atoms with Gasteiger partial charge in [-0.15, -0.1) is 0 Å². The van der Waals surface area contributed by atoms with Crippen molar-refractivity contribution in [1.82, 2.24) is 5.32 Å². The van der Waals surface area contributed by atoms with Crippen molar-refractivity contribution < 1.29 is 9.53 Å². The Morgan fingerprint density at radius 3 is 2.50 bits per heavy atom. The van der Waals surface area contributed by atoms with Gasteiger partial charge in [-0.3, -0.25) is 4.79 Å². The van der Waals surface area contributed by atoms with Gasteiger partial charge in [0.2, 0.25) is 5.91 Å². The molecule has 0 aliphatic rings. The number of methoxy groups -OCH3 is 1. The Bertz CT molecular complexity index is 555. The number of carbonyl (C=O) groups is 1. The Balaban J connectivity index is 1.79. The lowest BCUT2D eigenvalue weighted by Crippen LogP contribution is -2.27. The number of ether oxygens (including phenoxy) is 1. The third-order valence-corrected chi connectivity index (χ3v) is 2.85. The lowest BCUT2D eigenvalue weighted by molar-refractivity contribution is -0.115. The topological polar surface area (TPSA) is 50.4 Å². The van der Waals surface area contributed by atoms with Crippen LogP contribution in [0.3, 0.4) is 0 Å². The molecular formula is C16H18N2O2. The van der Waals surface area contributed by atoms with Crippen LogP contribution in [0.15, 0.2) is 54.6 Å². The molecule has 1 amide bonds. The molecule has 4 nitrogen and oxygen atoms in total. The van der Waals surface area contributed by atoms with Gasteiger partial charge in [0.25, 0.3) is 0 Å². The van der Waals surface area contributed by atoms with E-state index in [9.17, 15) is 4.79 Å². The Hall–Kier alpha value is -2.33. The van der Waals surface area contributed by atoms with Gasteiger partial charge in [-0.1, -0.05) is 36.4 Å². The first-order valence-corrected chi connectivity index (χ1v) is 6.47. The number of nitrogens with one attached hydrogen (secondary N) is 2. The minimum atomic E-state index is -0.0638. The monoisotopic (exact) mass is 270 g/mol. The highest BCUT2D eigenvalue weighted by Crippen LogP contribution is 2.16. The van der Waals surface area contributed by atoms with E-state index in [-0.39, 0.29) is 12.5 Å². The predicted octanol–water partition coefficient (Wildman–Crippen LogP) is 2.42. The first-order valence-electron chi connectivity index (χ1n) is 6.47. The Labute approximate surface area is 118 Å². The molecule has 20 heavy (non-hydrogen) atoms. The van der Waals surface area contributed by atoms with Crippen molar-refractivity contribution in [3.8, 4) is 5.75 Å². The van der Waals surface area contributed by atoms with E-state index in [2.05, 4.69) is 10.6 Å². The molecule has 0 aliphatic heterocycles. The van der Waals surface area contributed by atoms with Gasteiger partial charge < -0.3 is 15.4 Å². The molecule has 2 aromatic rings. The average molecular weight is 270 g/mol. The van der Waals surface area contributed by atoms with E-state index in [1.807, 2.05) is 54.6 Å². The summed E-state index contributed by atoms with van der Waals surface area (Å²) in [7, 11) is 1.64. The number of anilines is 1. The second-order valence-corrected chi connectivity index (χ2v) is 4.33. The van der Waals surface area contributed by atoms with Crippen molar-refractivity contribution in [3.63, 3.8) is 0 Å². The molecule has 0 unspecified atom stereocenters. The molecule has 2 aromatic carbocycles. The Morgan fingerprint density at radius 1 is 1.05 bits per heavy atom. The van der Waals surface area contributed by atoms with Crippen LogP contribution >= 0.6 is 0 Å². The second kappa shape index (κ2) is 7.31. The number of benzene rings is 2. The van der Waals surface area contributed by atoms with Gasteiger partial charge in [0, 0.05) is 17.8 Å². The van der Waals surface area contributed by atoms with Crippen LogP contribution in [-0.2, 0) is 11.3 Å². The predicted molar refractivity (Wildman–Crippen MR) is 79.8 cm³/mol. The molecule has 0 aliphatic carbocycles. The molecule has 0 spiro atoms. The summed E-state index contributed by atoms with van der Waals surface area (Å²) in [4.78, 5) is 11.8. The zero-order chi connectivity index (χ0) is 14.2. The molecule has 0 radical (unpaired) electrons. The zero-order valence-corrected chi connectivity index (χ0v) is 11.4. The molecule has 4 heteroatoms. The molecule has 0 saturated carbocycles. The Kier molecular flexibility index (Phi) is 5.15. The van der Waals surface area contributed by atoms with Crippen LogP contribution < -0.4 is 15.4 Å². The van der Waals surface area contributed by atoms with Gasteiger partial charge in [0.15, 0.2) is 0 Å². The normalized spacial score (nSPS) is 10.1. The standard InChI is InChI=1S/C16H18N2O2/c1-20-15-10-6-5-7-13(15)11-17-12-16(19)18-14-8-3-2-4-9-14/h2-10,17H,11-12H2,1H3,(H,18,19). The number of hydrogen-bond acceptors (Lipinski definition) is 3. The van der Waals surface area contributed by atoms with E-state index in [0.717, 1.165) is 17.0 Å². The maximum Gasteiger partial charge on any atom is 0.238 e. The van der Waals surface area contributed by atoms with Crippen LogP contribution in [0.25, 0.3) is 0 Å². The molecule has 0 bridgehead atoms. The molecule has 0 aromatic heterocycles. The molecular weight excluding hydrogens is 252 g/mol. The summed E-state index contributed by atoms with van der Waals surface area (Å²) in [5, 5.41) is 5.93. The fourth-order valence-electron chi connectivity index (χ4n) is 1.89. The SMILES string of the molecule is COc1ccccc1CNCC(=O)Nc1ccccc1. The highest BCUT2D eigenvalue weighted by Gasteiger charge is 2.04. The maximum absolute atomic E-state index is 11.8. The first-order chi connectivity index (χ1) is 9.79. The van der Waals surface area contributed by atoms with E-state index < -0.39 is 0 Å². The van der Waals surface area contributed by atoms with Crippen molar-refractivity contribution in [3.05, 3.63) is 60.2 Å². The average Bonchev–Trinajstić information content (AvgIpc) is 2.49. The molecule has 0 saturated heterocycles. The largest absolute Gasteiger partial charge is 0.496 e. The number of amides is 1. The maximum atomic E-state index is 11.8. The highest BCUT2D eigenvalue weighted by molar-refractivity contribution is 5.92. The van der Waals surface area contributed by atoms with E-state index in [0.29, 0.717) is 6.54 Å². The number of carbonyl (C=O) groups excluding carboxylic acids is 1. The second-order valence-electron chi connectivity index (χ2n) is 4.33. The van der Waals surface area contributed by atoms with Gasteiger partial charge in [-0.2, -0.15) is 0 Å². The van der Waals surface area contributed by atoms with Gasteiger partial charge in [-0.25, -0.2) is 0 Å². The fourth-order valence-corrected chi connectivity index (χ4v) is 1.89. The van der Waals surface area contributed by atoms with Crippen LogP contribution in [0.5, 0.6) is 5.75 Å². The lowest BCUT2D eigenvalue weighted by Gasteiger charge is -2.09. The van der Waals surface area contributed by atoms with Gasteiger partial charge in [0.05, 0.1) is 13.7 Å². The van der Waals surface area contributed by atoms with Crippen LogP contribution in [0, 0.1) is 0 Å². The molecule has 2 rings (SSSR count). The smallest absolute Gasteiger partial charge is 0.238 e. The first kappa shape index (κ1) is 14.1. The van der Waals surface area contributed by atoms with Gasteiger partial charge in [0.1, 0.15) is 5.75 Å². The van der Waals surface area contributed by atoms with Gasteiger partial charge >= 0.3 is 0 Å². The van der Waals surface area contributed by atoms with E-state index in [1.165, 1.54) is 0 Å². The number of hydrogen-bond donors (Lipinski definition) is 2. The summed E-state index contributed by atoms with van der Waals surface area (Å²) in [6.07, 6.45) is 0. The minimum Gasteiger partial charge on any atom is -0.496 e. The Morgan fingerprint density at radius 2 is 1.75 bits per heavy atom. The van der Waals surface area contributed by atoms with Crippen molar-refractivity contribution >= 4 is 11.6 Å². The van der Waals surface area contributed by atoms with Crippen LogP contribution in [-0.4, -0.2) is 19.6 Å². The van der Waals surface area contributed by atoms with Gasteiger partial charge in [-0.05, 0) is 18.2 Å². The van der Waals surface area contributed by atoms with Crippen molar-refractivity contribution in [2.45, 2.75) is 6.54 Å². The van der Waals surface area contributed by atoms with Crippen LogP contribution in [0.2, 0.25) is 0 Å². The number of para-hydroxylation sites is 2. The highest BCUT2D eigenvalue weighted by atomic mass is 16.5. The molecule has 0 fully saturated rings. The summed E-state index contributed by atoms with van der Waals surface area (Å²) in [5.41, 5.74) is 1.83. The third kappa shape index (κ3) is 4.10. The van der Waals surface area contributed by atoms with E-state index >= 15 is 0 Å². The quantitative estimate of drug-likeness (QED) is 0.847. The van der Waals surface area contributed by atoms with E-state index in [1.54, 1.807) is 7.11 Å². The molecule has 0 atom stereocenters. The molecule has 104 valence electrons. The van der Waals surface area contributed by atoms with Crippen LogP contribution in [0.1, 0.15) is 5.56 Å². The van der Waals surface area contributed by atoms with E-state index in [4.69, 9.17) is 4.74 Å². The van der Waals surface area contributed by atoms with Crippen molar-refractivity contribution in [2.75, 3.05) is 19.0 Å². The van der Waals surface area contributed by atoms with Crippen molar-refractivity contribution in [1.29, 1.82) is 0 Å². The summed E-state index contributed by atoms with van der Waals surface area (Å²) >= 11 is 0. The summed E-state index contributed by atoms with van der Waals surface area (Å²) < 4.78 is 5.26. The van der Waals surface area contributed by atoms with Crippen LogP contribution in [0.4, 0.5) is 5.69 Å². The fraction of sp³-hybridized carbons (Fsp3) is 0.188. The molecule has 2 N–H and O–H groups in total.